The maximum atomic E-state index is 12.9. The Balaban J connectivity index is 2.35. The van der Waals surface area contributed by atoms with E-state index in [9.17, 15) is 18.5 Å². The minimum absolute atomic E-state index is 0.102. The molecule has 1 aliphatic heterocycles. The molecule has 22 heavy (non-hydrogen) atoms. The van der Waals surface area contributed by atoms with Gasteiger partial charge in [-0.05, 0) is 31.0 Å². The molecule has 1 aromatic rings. The normalized spacial score (nSPS) is 20.8. The second kappa shape index (κ2) is 6.72. The van der Waals surface area contributed by atoms with Crippen LogP contribution in [0.4, 0.5) is 5.69 Å². The van der Waals surface area contributed by atoms with E-state index >= 15 is 0 Å². The van der Waals surface area contributed by atoms with E-state index in [2.05, 4.69) is 5.32 Å². The fraction of sp³-hybridized carbons (Fsp3) is 0.571. The number of rotatable bonds is 4. The maximum Gasteiger partial charge on any atom is 0.269 e. The third kappa shape index (κ3) is 3.45. The van der Waals surface area contributed by atoms with Crippen LogP contribution >= 0.6 is 0 Å². The second-order valence-corrected chi connectivity index (χ2v) is 7.63. The van der Waals surface area contributed by atoms with Crippen LogP contribution < -0.4 is 5.32 Å². The number of nitro groups is 1. The summed E-state index contributed by atoms with van der Waals surface area (Å²) in [5.41, 5.74) is -0.114. The Morgan fingerprint density at radius 2 is 1.95 bits per heavy atom. The molecular formula is C14H21N3O4S. The smallest absolute Gasteiger partial charge is 0.269 e. The minimum atomic E-state index is -3.65. The van der Waals surface area contributed by atoms with Crippen molar-refractivity contribution >= 4 is 15.7 Å². The van der Waals surface area contributed by atoms with E-state index < -0.39 is 14.9 Å². The lowest BCUT2D eigenvalue weighted by atomic mass is 10.1. The molecule has 1 aromatic carbocycles. The van der Waals surface area contributed by atoms with Crippen molar-refractivity contribution in [1.82, 2.24) is 9.62 Å². The number of nitrogens with one attached hydrogen (secondary N) is 1. The van der Waals surface area contributed by atoms with Gasteiger partial charge in [0.15, 0.2) is 0 Å². The van der Waals surface area contributed by atoms with Gasteiger partial charge in [0.25, 0.3) is 5.69 Å². The molecule has 1 aliphatic rings. The zero-order valence-electron chi connectivity index (χ0n) is 12.7. The van der Waals surface area contributed by atoms with Gasteiger partial charge >= 0.3 is 0 Å². The number of hydrogen-bond donors (Lipinski definition) is 1. The van der Waals surface area contributed by atoms with Gasteiger partial charge in [0.1, 0.15) is 0 Å². The number of sulfonamides is 1. The molecule has 1 heterocycles. The first kappa shape index (κ1) is 16.9. The highest BCUT2D eigenvalue weighted by Crippen LogP contribution is 2.24. The average Bonchev–Trinajstić information content (AvgIpc) is 2.73. The Morgan fingerprint density at radius 1 is 1.32 bits per heavy atom. The lowest BCUT2D eigenvalue weighted by Crippen LogP contribution is -2.46. The van der Waals surface area contributed by atoms with Crippen molar-refractivity contribution in [3.05, 3.63) is 34.4 Å². The molecule has 122 valence electrons. The summed E-state index contributed by atoms with van der Waals surface area (Å²) in [4.78, 5) is 10.3. The van der Waals surface area contributed by atoms with Crippen molar-refractivity contribution in [3.8, 4) is 0 Å². The molecule has 0 bridgehead atoms. The van der Waals surface area contributed by atoms with Crippen molar-refractivity contribution in [2.75, 3.05) is 19.6 Å². The molecule has 0 amide bonds. The second-order valence-electron chi connectivity index (χ2n) is 5.74. The minimum Gasteiger partial charge on any atom is -0.315 e. The molecular weight excluding hydrogens is 306 g/mol. The Morgan fingerprint density at radius 3 is 2.50 bits per heavy atom. The summed E-state index contributed by atoms with van der Waals surface area (Å²) < 4.78 is 27.3. The summed E-state index contributed by atoms with van der Waals surface area (Å²) >= 11 is 0. The third-order valence-electron chi connectivity index (χ3n) is 3.88. The topological polar surface area (TPSA) is 92.6 Å². The number of hydrogen-bond acceptors (Lipinski definition) is 5. The largest absolute Gasteiger partial charge is 0.315 e. The van der Waals surface area contributed by atoms with Gasteiger partial charge in [-0.2, -0.15) is 4.31 Å². The first-order valence-electron chi connectivity index (χ1n) is 7.31. The Labute approximate surface area is 130 Å². The quantitative estimate of drug-likeness (QED) is 0.670. The highest BCUT2D eigenvalue weighted by molar-refractivity contribution is 7.89. The lowest BCUT2D eigenvalue weighted by molar-refractivity contribution is -0.384. The van der Waals surface area contributed by atoms with Crippen molar-refractivity contribution in [3.63, 3.8) is 0 Å². The SMILES string of the molecule is CC(C)[C@@H]1CNCCCN1S(=O)(=O)c1ccc([N+](=O)[O-])cc1. The van der Waals surface area contributed by atoms with Crippen LogP contribution in [-0.2, 0) is 10.0 Å². The first-order valence-corrected chi connectivity index (χ1v) is 8.75. The molecule has 1 saturated heterocycles. The van der Waals surface area contributed by atoms with Gasteiger partial charge in [0.2, 0.25) is 10.0 Å². The van der Waals surface area contributed by atoms with Crippen LogP contribution in [0.3, 0.4) is 0 Å². The van der Waals surface area contributed by atoms with E-state index in [-0.39, 0.29) is 22.5 Å². The van der Waals surface area contributed by atoms with Crippen LogP contribution in [0.1, 0.15) is 20.3 Å². The van der Waals surface area contributed by atoms with Gasteiger partial charge in [-0.3, -0.25) is 10.1 Å². The van der Waals surface area contributed by atoms with Crippen LogP contribution in [-0.4, -0.2) is 43.3 Å². The predicted octanol–water partition coefficient (Wildman–Crippen LogP) is 1.60. The van der Waals surface area contributed by atoms with Gasteiger partial charge in [-0.25, -0.2) is 8.42 Å². The summed E-state index contributed by atoms with van der Waals surface area (Å²) in [6, 6.07) is 4.95. The average molecular weight is 327 g/mol. The monoisotopic (exact) mass is 327 g/mol. The van der Waals surface area contributed by atoms with Crippen LogP contribution in [0.25, 0.3) is 0 Å². The fourth-order valence-electron chi connectivity index (χ4n) is 2.62. The van der Waals surface area contributed by atoms with E-state index in [1.54, 1.807) is 0 Å². The van der Waals surface area contributed by atoms with Crippen LogP contribution in [0.2, 0.25) is 0 Å². The van der Waals surface area contributed by atoms with E-state index in [0.717, 1.165) is 13.0 Å². The first-order chi connectivity index (χ1) is 10.3. The Kier molecular flexibility index (Phi) is 5.15. The van der Waals surface area contributed by atoms with E-state index in [1.165, 1.54) is 28.6 Å². The molecule has 0 spiro atoms. The van der Waals surface area contributed by atoms with Gasteiger partial charge < -0.3 is 5.32 Å². The van der Waals surface area contributed by atoms with Crippen molar-refractivity contribution < 1.29 is 13.3 Å². The van der Waals surface area contributed by atoms with E-state index in [4.69, 9.17) is 0 Å². The highest BCUT2D eigenvalue weighted by Gasteiger charge is 2.34. The fourth-order valence-corrected chi connectivity index (χ4v) is 4.41. The maximum absolute atomic E-state index is 12.9. The summed E-state index contributed by atoms with van der Waals surface area (Å²) in [6.45, 7) is 5.85. The summed E-state index contributed by atoms with van der Waals surface area (Å²) in [5.74, 6) is 0.179. The van der Waals surface area contributed by atoms with Crippen molar-refractivity contribution in [2.45, 2.75) is 31.2 Å². The summed E-state index contributed by atoms with van der Waals surface area (Å²) in [6.07, 6.45) is 0.745. The van der Waals surface area contributed by atoms with Gasteiger partial charge in [-0.15, -0.1) is 0 Å². The third-order valence-corrected chi connectivity index (χ3v) is 5.82. The number of benzene rings is 1. The Hall–Kier alpha value is -1.51. The van der Waals surface area contributed by atoms with Crippen LogP contribution in [0, 0.1) is 16.0 Å². The number of nitro benzene ring substituents is 1. The molecule has 0 aliphatic carbocycles. The number of nitrogens with zero attached hydrogens (tertiary/aromatic N) is 2. The van der Waals surface area contributed by atoms with Crippen molar-refractivity contribution in [1.29, 1.82) is 0 Å². The standard InChI is InChI=1S/C14H21N3O4S/c1-11(2)14-10-15-8-3-9-16(14)22(20,21)13-6-4-12(5-7-13)17(18)19/h4-7,11,14-15H,3,8-10H2,1-2H3/t14-/m0/s1. The van der Waals surface area contributed by atoms with Gasteiger partial charge in [-0.1, -0.05) is 13.8 Å². The molecule has 7 nitrogen and oxygen atoms in total. The molecule has 1 fully saturated rings. The lowest BCUT2D eigenvalue weighted by Gasteiger charge is -2.31. The van der Waals surface area contributed by atoms with Crippen LogP contribution in [0.15, 0.2) is 29.2 Å². The predicted molar refractivity (Wildman–Crippen MR) is 83.1 cm³/mol. The zero-order valence-corrected chi connectivity index (χ0v) is 13.5. The van der Waals surface area contributed by atoms with Gasteiger partial charge in [0, 0.05) is 31.3 Å². The molecule has 1 atom stereocenters. The molecule has 0 unspecified atom stereocenters. The summed E-state index contributed by atoms with van der Waals surface area (Å²) in [5, 5.41) is 13.9. The molecule has 0 saturated carbocycles. The number of non-ortho nitro benzene ring substituents is 1. The molecule has 0 radical (unpaired) electrons. The van der Waals surface area contributed by atoms with E-state index in [0.29, 0.717) is 13.1 Å². The van der Waals surface area contributed by atoms with E-state index in [1.807, 2.05) is 13.8 Å². The highest BCUT2D eigenvalue weighted by atomic mass is 32.2. The van der Waals surface area contributed by atoms with Gasteiger partial charge in [0.05, 0.1) is 9.82 Å². The van der Waals surface area contributed by atoms with Crippen molar-refractivity contribution in [2.24, 2.45) is 5.92 Å². The Bertz CT molecular complexity index is 628. The van der Waals surface area contributed by atoms with Crippen LogP contribution in [0.5, 0.6) is 0 Å². The molecule has 1 N–H and O–H groups in total. The summed E-state index contributed by atoms with van der Waals surface area (Å²) in [7, 11) is -3.65. The molecule has 2 rings (SSSR count). The molecule has 0 aromatic heterocycles. The zero-order chi connectivity index (χ0) is 16.3. The molecule has 8 heteroatoms.